The standard InChI is InChI=1S/C13H15F2IN2O/c14-13(15)5-2-6-18(9-13)8-12(19)17-11-4-1-3-10(16)7-11/h1,3-4,7H,2,5-6,8-9H2,(H,17,19). The van der Waals surface area contributed by atoms with Gasteiger partial charge >= 0.3 is 0 Å². The number of piperidine rings is 1. The Morgan fingerprint density at radius 1 is 1.47 bits per heavy atom. The Morgan fingerprint density at radius 2 is 2.26 bits per heavy atom. The maximum absolute atomic E-state index is 13.2. The normalized spacial score (nSPS) is 19.1. The summed E-state index contributed by atoms with van der Waals surface area (Å²) in [4.78, 5) is 13.3. The Morgan fingerprint density at radius 3 is 2.95 bits per heavy atom. The number of alkyl halides is 2. The molecule has 0 aromatic heterocycles. The molecule has 1 fully saturated rings. The first-order valence-corrected chi connectivity index (χ1v) is 7.18. The molecule has 6 heteroatoms. The highest BCUT2D eigenvalue weighted by atomic mass is 127. The van der Waals surface area contributed by atoms with E-state index in [1.807, 2.05) is 18.2 Å². The van der Waals surface area contributed by atoms with E-state index >= 15 is 0 Å². The van der Waals surface area contributed by atoms with E-state index in [1.165, 1.54) is 4.90 Å². The Balaban J connectivity index is 1.87. The molecule has 3 nitrogen and oxygen atoms in total. The van der Waals surface area contributed by atoms with Gasteiger partial charge < -0.3 is 5.32 Å². The summed E-state index contributed by atoms with van der Waals surface area (Å²) in [7, 11) is 0. The minimum Gasteiger partial charge on any atom is -0.325 e. The fraction of sp³-hybridized carbons (Fsp3) is 0.462. The predicted octanol–water partition coefficient (Wildman–Crippen LogP) is 2.96. The van der Waals surface area contributed by atoms with Crippen LogP contribution in [0.25, 0.3) is 0 Å². The fourth-order valence-electron chi connectivity index (χ4n) is 2.15. The van der Waals surface area contributed by atoms with Gasteiger partial charge in [0.2, 0.25) is 5.91 Å². The van der Waals surface area contributed by atoms with Crippen LogP contribution in [-0.4, -0.2) is 36.4 Å². The highest BCUT2D eigenvalue weighted by molar-refractivity contribution is 14.1. The molecule has 1 aromatic carbocycles. The largest absolute Gasteiger partial charge is 0.325 e. The number of benzene rings is 1. The molecular weight excluding hydrogens is 365 g/mol. The Kier molecular flexibility index (Phi) is 4.72. The molecule has 1 aliphatic rings. The van der Waals surface area contributed by atoms with Crippen molar-refractivity contribution >= 4 is 34.2 Å². The first kappa shape index (κ1) is 14.6. The summed E-state index contributed by atoms with van der Waals surface area (Å²) in [6.45, 7) is 0.239. The molecule has 2 rings (SSSR count). The lowest BCUT2D eigenvalue weighted by atomic mass is 10.1. The molecule has 104 valence electrons. The molecule has 0 aliphatic carbocycles. The molecule has 0 atom stereocenters. The number of nitrogens with zero attached hydrogens (tertiary/aromatic N) is 1. The summed E-state index contributed by atoms with van der Waals surface area (Å²) in [5.41, 5.74) is 0.695. The average molecular weight is 380 g/mol. The van der Waals surface area contributed by atoms with Crippen LogP contribution in [-0.2, 0) is 4.79 Å². The van der Waals surface area contributed by atoms with Crippen LogP contribution in [0.15, 0.2) is 24.3 Å². The maximum atomic E-state index is 13.2. The minimum atomic E-state index is -2.67. The van der Waals surface area contributed by atoms with Crippen molar-refractivity contribution in [3.05, 3.63) is 27.8 Å². The molecule has 0 radical (unpaired) electrons. The minimum absolute atomic E-state index is 0.0149. The van der Waals surface area contributed by atoms with E-state index in [1.54, 1.807) is 6.07 Å². The van der Waals surface area contributed by atoms with E-state index in [-0.39, 0.29) is 25.4 Å². The second-order valence-electron chi connectivity index (χ2n) is 4.73. The van der Waals surface area contributed by atoms with Crippen LogP contribution >= 0.6 is 22.6 Å². The van der Waals surface area contributed by atoms with Gasteiger partial charge in [0.15, 0.2) is 0 Å². The van der Waals surface area contributed by atoms with Crippen LogP contribution in [0, 0.1) is 3.57 Å². The summed E-state index contributed by atoms with van der Waals surface area (Å²) in [6, 6.07) is 7.38. The van der Waals surface area contributed by atoms with E-state index < -0.39 is 5.92 Å². The van der Waals surface area contributed by atoms with E-state index in [4.69, 9.17) is 0 Å². The van der Waals surface area contributed by atoms with Gasteiger partial charge in [-0.2, -0.15) is 0 Å². The zero-order chi connectivity index (χ0) is 13.9. The smallest absolute Gasteiger partial charge is 0.260 e. The molecular formula is C13H15F2IN2O. The molecule has 1 N–H and O–H groups in total. The summed E-state index contributed by atoms with van der Waals surface area (Å²) in [5, 5.41) is 2.73. The van der Waals surface area contributed by atoms with Crippen LogP contribution < -0.4 is 5.32 Å². The second kappa shape index (κ2) is 6.13. The van der Waals surface area contributed by atoms with Crippen LogP contribution in [0.1, 0.15) is 12.8 Å². The van der Waals surface area contributed by atoms with E-state index in [9.17, 15) is 13.6 Å². The van der Waals surface area contributed by atoms with E-state index in [0.29, 0.717) is 18.7 Å². The third-order valence-corrected chi connectivity index (χ3v) is 3.62. The van der Waals surface area contributed by atoms with E-state index in [2.05, 4.69) is 27.9 Å². The fourth-order valence-corrected chi connectivity index (χ4v) is 2.69. The number of nitrogens with one attached hydrogen (secondary N) is 1. The van der Waals surface area contributed by atoms with Gasteiger partial charge in [-0.1, -0.05) is 6.07 Å². The number of amides is 1. The van der Waals surface area contributed by atoms with Crippen molar-refractivity contribution in [1.82, 2.24) is 4.90 Å². The molecule has 19 heavy (non-hydrogen) atoms. The number of likely N-dealkylation sites (tertiary alicyclic amines) is 1. The van der Waals surface area contributed by atoms with Gasteiger partial charge in [0.25, 0.3) is 5.92 Å². The summed E-state index contributed by atoms with van der Waals surface area (Å²) < 4.78 is 27.4. The lowest BCUT2D eigenvalue weighted by Crippen LogP contribution is -2.45. The van der Waals surface area contributed by atoms with Crippen LogP contribution in [0.3, 0.4) is 0 Å². The molecule has 1 aromatic rings. The molecule has 0 unspecified atom stereocenters. The lowest BCUT2D eigenvalue weighted by Gasteiger charge is -2.31. The first-order chi connectivity index (χ1) is 8.94. The number of hydrogen-bond donors (Lipinski definition) is 1. The van der Waals surface area contributed by atoms with Crippen LogP contribution in [0.4, 0.5) is 14.5 Å². The molecule has 1 saturated heterocycles. The van der Waals surface area contributed by atoms with Crippen molar-refractivity contribution < 1.29 is 13.6 Å². The Bertz CT molecular complexity index is 468. The van der Waals surface area contributed by atoms with Crippen molar-refractivity contribution in [3.8, 4) is 0 Å². The molecule has 0 spiro atoms. The average Bonchev–Trinajstić information content (AvgIpc) is 2.27. The van der Waals surface area contributed by atoms with Gasteiger partial charge in [0, 0.05) is 15.7 Å². The van der Waals surface area contributed by atoms with Crippen LogP contribution in [0.5, 0.6) is 0 Å². The number of carbonyl (C=O) groups excluding carboxylic acids is 1. The van der Waals surface area contributed by atoms with Gasteiger partial charge in [-0.25, -0.2) is 8.78 Å². The number of halogens is 3. The van der Waals surface area contributed by atoms with Crippen molar-refractivity contribution in [2.45, 2.75) is 18.8 Å². The Labute approximate surface area is 124 Å². The van der Waals surface area contributed by atoms with Gasteiger partial charge in [0.1, 0.15) is 0 Å². The van der Waals surface area contributed by atoms with Gasteiger partial charge in [-0.05, 0) is 53.8 Å². The van der Waals surface area contributed by atoms with Gasteiger partial charge in [0.05, 0.1) is 13.1 Å². The van der Waals surface area contributed by atoms with Crippen molar-refractivity contribution in [3.63, 3.8) is 0 Å². The zero-order valence-corrected chi connectivity index (χ0v) is 12.5. The topological polar surface area (TPSA) is 32.3 Å². The lowest BCUT2D eigenvalue weighted by molar-refractivity contribution is -0.120. The monoisotopic (exact) mass is 380 g/mol. The number of anilines is 1. The maximum Gasteiger partial charge on any atom is 0.260 e. The van der Waals surface area contributed by atoms with Crippen LogP contribution in [0.2, 0.25) is 0 Å². The molecule has 1 amide bonds. The van der Waals surface area contributed by atoms with Crippen molar-refractivity contribution in [1.29, 1.82) is 0 Å². The number of hydrogen-bond acceptors (Lipinski definition) is 2. The molecule has 1 aliphatic heterocycles. The van der Waals surface area contributed by atoms with Crippen molar-refractivity contribution in [2.75, 3.05) is 25.0 Å². The van der Waals surface area contributed by atoms with E-state index in [0.717, 1.165) is 3.57 Å². The molecule has 1 heterocycles. The third-order valence-electron chi connectivity index (χ3n) is 2.95. The second-order valence-corrected chi connectivity index (χ2v) is 5.97. The van der Waals surface area contributed by atoms with Crippen molar-refractivity contribution in [2.24, 2.45) is 0 Å². The quantitative estimate of drug-likeness (QED) is 0.818. The number of carbonyl (C=O) groups is 1. The number of rotatable bonds is 3. The highest BCUT2D eigenvalue weighted by Gasteiger charge is 2.35. The summed E-state index contributed by atoms with van der Waals surface area (Å²) in [6.07, 6.45) is 0.353. The molecule has 0 saturated carbocycles. The third kappa shape index (κ3) is 4.68. The summed E-state index contributed by atoms with van der Waals surface area (Å²) >= 11 is 2.15. The zero-order valence-electron chi connectivity index (χ0n) is 10.3. The highest BCUT2D eigenvalue weighted by Crippen LogP contribution is 2.26. The summed E-state index contributed by atoms with van der Waals surface area (Å²) in [5.74, 6) is -2.92. The van der Waals surface area contributed by atoms with Gasteiger partial charge in [-0.15, -0.1) is 0 Å². The van der Waals surface area contributed by atoms with Gasteiger partial charge in [-0.3, -0.25) is 9.69 Å². The molecule has 0 bridgehead atoms. The predicted molar refractivity (Wildman–Crippen MR) is 78.4 cm³/mol. The Hall–Kier alpha value is -0.760. The SMILES string of the molecule is O=C(CN1CCCC(F)(F)C1)Nc1cccc(I)c1. The first-order valence-electron chi connectivity index (χ1n) is 6.10.